The summed E-state index contributed by atoms with van der Waals surface area (Å²) in [5.41, 5.74) is 0.667. The third-order valence-corrected chi connectivity index (χ3v) is 4.48. The van der Waals surface area contributed by atoms with Crippen LogP contribution in [0.15, 0.2) is 28.2 Å². The van der Waals surface area contributed by atoms with Crippen LogP contribution in [0.5, 0.6) is 0 Å². The van der Waals surface area contributed by atoms with Gasteiger partial charge in [0.2, 0.25) is 5.91 Å². The number of nitrogens with one attached hydrogen (secondary N) is 2. The minimum Gasteiger partial charge on any atom is -0.459 e. The lowest BCUT2D eigenvalue weighted by atomic mass is 10.2. The number of nitrogens with zero attached hydrogens (tertiary/aromatic N) is 2. The van der Waals surface area contributed by atoms with E-state index in [9.17, 15) is 9.59 Å². The summed E-state index contributed by atoms with van der Waals surface area (Å²) >= 11 is 1.30. The van der Waals surface area contributed by atoms with Crippen LogP contribution in [0.4, 0.5) is 5.13 Å². The quantitative estimate of drug-likeness (QED) is 0.881. The second kappa shape index (κ2) is 6.93. The number of rotatable bonds is 4. The van der Waals surface area contributed by atoms with Crippen molar-refractivity contribution in [1.82, 2.24) is 15.2 Å². The number of aromatic nitrogens is 1. The summed E-state index contributed by atoms with van der Waals surface area (Å²) in [5, 5.41) is 8.18. The number of hydrogen-bond donors (Lipinski definition) is 2. The lowest BCUT2D eigenvalue weighted by molar-refractivity contribution is -0.133. The highest BCUT2D eigenvalue weighted by Crippen LogP contribution is 2.18. The summed E-state index contributed by atoms with van der Waals surface area (Å²) in [7, 11) is 0. The first-order valence-electron chi connectivity index (χ1n) is 7.43. The minimum atomic E-state index is -0.349. The second-order valence-electron chi connectivity index (χ2n) is 5.39. The highest BCUT2D eigenvalue weighted by atomic mass is 32.1. The Balaban J connectivity index is 1.58. The Labute approximate surface area is 137 Å². The Bertz CT molecular complexity index is 683. The van der Waals surface area contributed by atoms with Gasteiger partial charge in [-0.25, -0.2) is 4.98 Å². The molecule has 1 saturated heterocycles. The van der Waals surface area contributed by atoms with Crippen LogP contribution in [-0.4, -0.2) is 47.4 Å². The molecule has 23 heavy (non-hydrogen) atoms. The van der Waals surface area contributed by atoms with Crippen LogP contribution >= 0.6 is 11.3 Å². The van der Waals surface area contributed by atoms with Crippen molar-refractivity contribution in [2.75, 3.05) is 25.0 Å². The Morgan fingerprint density at radius 2 is 2.43 bits per heavy atom. The summed E-state index contributed by atoms with van der Waals surface area (Å²) in [5.74, 6) is -0.0568. The van der Waals surface area contributed by atoms with Crippen molar-refractivity contribution in [3.05, 3.63) is 35.2 Å². The fourth-order valence-electron chi connectivity index (χ4n) is 2.48. The molecule has 3 rings (SSSR count). The predicted octanol–water partition coefficient (Wildman–Crippen LogP) is 1.35. The van der Waals surface area contributed by atoms with Crippen LogP contribution < -0.4 is 10.6 Å². The Kier molecular flexibility index (Phi) is 4.73. The van der Waals surface area contributed by atoms with Gasteiger partial charge in [-0.1, -0.05) is 0 Å². The van der Waals surface area contributed by atoms with Crippen molar-refractivity contribution in [3.63, 3.8) is 0 Å². The number of thiazole rings is 1. The van der Waals surface area contributed by atoms with Gasteiger partial charge < -0.3 is 14.6 Å². The highest BCUT2D eigenvalue weighted by Gasteiger charge is 2.23. The van der Waals surface area contributed by atoms with E-state index in [1.807, 2.05) is 11.8 Å². The fraction of sp³-hybridized carbons (Fsp3) is 0.400. The molecule has 0 unspecified atom stereocenters. The molecule has 2 amide bonds. The fourth-order valence-corrected chi connectivity index (χ4v) is 3.19. The maximum Gasteiger partial charge on any atom is 0.293 e. The van der Waals surface area contributed by atoms with Crippen LogP contribution in [0, 0.1) is 0 Å². The van der Waals surface area contributed by atoms with Gasteiger partial charge in [0.05, 0.1) is 18.4 Å². The second-order valence-corrected chi connectivity index (χ2v) is 6.25. The van der Waals surface area contributed by atoms with Crippen LogP contribution in [0.2, 0.25) is 0 Å². The van der Waals surface area contributed by atoms with Gasteiger partial charge in [-0.15, -0.1) is 11.3 Å². The van der Waals surface area contributed by atoms with Crippen LogP contribution in [0.1, 0.15) is 23.2 Å². The van der Waals surface area contributed by atoms with Crippen molar-refractivity contribution in [2.45, 2.75) is 19.4 Å². The summed E-state index contributed by atoms with van der Waals surface area (Å²) in [6.07, 6.45) is 1.69. The molecule has 3 heterocycles. The number of piperazine rings is 1. The average Bonchev–Trinajstić information content (AvgIpc) is 3.19. The molecule has 2 aromatic rings. The van der Waals surface area contributed by atoms with E-state index < -0.39 is 0 Å². The monoisotopic (exact) mass is 334 g/mol. The number of amides is 2. The normalized spacial score (nSPS) is 18.0. The molecule has 2 N–H and O–H groups in total. The number of anilines is 1. The van der Waals surface area contributed by atoms with Gasteiger partial charge in [0.15, 0.2) is 10.9 Å². The van der Waals surface area contributed by atoms with Gasteiger partial charge in [-0.2, -0.15) is 0 Å². The predicted molar refractivity (Wildman–Crippen MR) is 86.5 cm³/mol. The molecule has 0 aromatic carbocycles. The maximum atomic E-state index is 12.4. The molecule has 0 saturated carbocycles. The van der Waals surface area contributed by atoms with Gasteiger partial charge in [-0.3, -0.25) is 14.9 Å². The van der Waals surface area contributed by atoms with E-state index in [-0.39, 0.29) is 30.0 Å². The van der Waals surface area contributed by atoms with E-state index in [2.05, 4.69) is 15.6 Å². The Morgan fingerprint density at radius 3 is 3.17 bits per heavy atom. The van der Waals surface area contributed by atoms with E-state index in [0.29, 0.717) is 17.4 Å². The zero-order valence-electron chi connectivity index (χ0n) is 12.7. The molecule has 1 aliphatic rings. The number of furan rings is 1. The van der Waals surface area contributed by atoms with Gasteiger partial charge in [0.25, 0.3) is 5.91 Å². The number of carbonyl (C=O) groups is 2. The SMILES string of the molecule is C[C@@H]1CNCCN1C(=O)Cc1csc(NC(=O)c2ccco2)n1. The molecule has 0 bridgehead atoms. The number of hydrogen-bond acceptors (Lipinski definition) is 6. The largest absolute Gasteiger partial charge is 0.459 e. The molecule has 1 atom stereocenters. The van der Waals surface area contributed by atoms with E-state index in [1.165, 1.54) is 17.6 Å². The lowest BCUT2D eigenvalue weighted by Crippen LogP contribution is -2.52. The van der Waals surface area contributed by atoms with Crippen LogP contribution in [-0.2, 0) is 11.2 Å². The van der Waals surface area contributed by atoms with Gasteiger partial charge in [0.1, 0.15) is 0 Å². The Morgan fingerprint density at radius 1 is 1.57 bits per heavy atom. The average molecular weight is 334 g/mol. The molecule has 122 valence electrons. The van der Waals surface area contributed by atoms with E-state index in [1.54, 1.807) is 17.5 Å². The lowest BCUT2D eigenvalue weighted by Gasteiger charge is -2.33. The molecular weight excluding hydrogens is 316 g/mol. The molecule has 1 fully saturated rings. The zero-order valence-corrected chi connectivity index (χ0v) is 13.6. The van der Waals surface area contributed by atoms with Crippen molar-refractivity contribution < 1.29 is 14.0 Å². The first kappa shape index (κ1) is 15.7. The Hall–Kier alpha value is -2.19. The van der Waals surface area contributed by atoms with E-state index in [0.717, 1.165) is 13.1 Å². The molecular formula is C15H18N4O3S. The summed E-state index contributed by atoms with van der Waals surface area (Å²) in [4.78, 5) is 30.4. The molecule has 0 aliphatic carbocycles. The van der Waals surface area contributed by atoms with Crippen LogP contribution in [0.25, 0.3) is 0 Å². The van der Waals surface area contributed by atoms with Gasteiger partial charge in [-0.05, 0) is 19.1 Å². The van der Waals surface area contributed by atoms with Crippen molar-refractivity contribution in [3.8, 4) is 0 Å². The topological polar surface area (TPSA) is 87.5 Å². The number of carbonyl (C=O) groups excluding carboxylic acids is 2. The van der Waals surface area contributed by atoms with Crippen molar-refractivity contribution >= 4 is 28.3 Å². The van der Waals surface area contributed by atoms with Crippen LogP contribution in [0.3, 0.4) is 0 Å². The third kappa shape index (κ3) is 3.77. The summed E-state index contributed by atoms with van der Waals surface area (Å²) < 4.78 is 5.03. The maximum absolute atomic E-state index is 12.4. The van der Waals surface area contributed by atoms with Crippen molar-refractivity contribution in [1.29, 1.82) is 0 Å². The molecule has 8 heteroatoms. The van der Waals surface area contributed by atoms with E-state index in [4.69, 9.17) is 4.42 Å². The minimum absolute atomic E-state index is 0.0632. The summed E-state index contributed by atoms with van der Waals surface area (Å²) in [6.45, 7) is 4.37. The highest BCUT2D eigenvalue weighted by molar-refractivity contribution is 7.14. The van der Waals surface area contributed by atoms with Crippen molar-refractivity contribution in [2.24, 2.45) is 0 Å². The van der Waals surface area contributed by atoms with Gasteiger partial charge in [0, 0.05) is 31.1 Å². The molecule has 2 aromatic heterocycles. The molecule has 0 radical (unpaired) electrons. The first-order chi connectivity index (χ1) is 11.1. The summed E-state index contributed by atoms with van der Waals surface area (Å²) in [6, 6.07) is 3.42. The molecule has 7 nitrogen and oxygen atoms in total. The molecule has 1 aliphatic heterocycles. The standard InChI is InChI=1S/C15H18N4O3S/c1-10-8-16-4-5-19(10)13(20)7-11-9-23-15(17-11)18-14(21)12-3-2-6-22-12/h2-3,6,9-10,16H,4-5,7-8H2,1H3,(H,17,18,21)/t10-/m1/s1. The van der Waals surface area contributed by atoms with E-state index >= 15 is 0 Å². The van der Waals surface area contributed by atoms with Gasteiger partial charge >= 0.3 is 0 Å². The molecule has 0 spiro atoms. The first-order valence-corrected chi connectivity index (χ1v) is 8.31. The zero-order chi connectivity index (χ0) is 16.2. The smallest absolute Gasteiger partial charge is 0.293 e. The third-order valence-electron chi connectivity index (χ3n) is 3.67.